The zero-order chi connectivity index (χ0) is 14.7. The zero-order valence-electron chi connectivity index (χ0n) is 12.7. The number of hydrogen-bond acceptors (Lipinski definition) is 1. The first kappa shape index (κ1) is 17.2. The number of rotatable bonds is 3. The van der Waals surface area contributed by atoms with Crippen LogP contribution in [0.15, 0.2) is 30.5 Å². The standard InChI is InChI=1S/C12H14N2O.2C2H6/c1-9(15)13-7-6-10-8-14-12-5-3-2-4-11(10)12;2*1-2/h2-5,8,14H,6-7H2,1H3,(H,13,15);2*1-2H3. The summed E-state index contributed by atoms with van der Waals surface area (Å²) in [7, 11) is 0. The van der Waals surface area contributed by atoms with Crippen LogP contribution in [0.4, 0.5) is 0 Å². The molecule has 0 aliphatic carbocycles. The number of carbonyl (C=O) groups excluding carboxylic acids is 1. The number of benzene rings is 1. The quantitative estimate of drug-likeness (QED) is 0.865. The van der Waals surface area contributed by atoms with Crippen LogP contribution < -0.4 is 5.32 Å². The Morgan fingerprint density at radius 1 is 1.16 bits per heavy atom. The molecule has 19 heavy (non-hydrogen) atoms. The van der Waals surface area contributed by atoms with Crippen LogP contribution in [0.5, 0.6) is 0 Å². The summed E-state index contributed by atoms with van der Waals surface area (Å²) >= 11 is 0. The average molecular weight is 262 g/mol. The molecule has 0 saturated carbocycles. The van der Waals surface area contributed by atoms with E-state index in [9.17, 15) is 4.79 Å². The molecule has 3 nitrogen and oxygen atoms in total. The van der Waals surface area contributed by atoms with Crippen LogP contribution in [-0.2, 0) is 11.2 Å². The molecule has 0 aliphatic heterocycles. The third kappa shape index (κ3) is 5.60. The summed E-state index contributed by atoms with van der Waals surface area (Å²) < 4.78 is 0. The van der Waals surface area contributed by atoms with Crippen LogP contribution in [0.2, 0.25) is 0 Å². The SMILES string of the molecule is CC.CC.CC(=O)NCCc1c[nH]c2ccccc12. The first-order chi connectivity index (χ1) is 9.27. The summed E-state index contributed by atoms with van der Waals surface area (Å²) in [5, 5.41) is 4.03. The third-order valence-electron chi connectivity index (χ3n) is 2.44. The second kappa shape index (κ2) is 10.2. The molecule has 0 bridgehead atoms. The first-order valence-corrected chi connectivity index (χ1v) is 7.07. The Labute approximate surface area is 116 Å². The Bertz CT molecular complexity index is 474. The van der Waals surface area contributed by atoms with E-state index in [0.29, 0.717) is 6.54 Å². The van der Waals surface area contributed by atoms with E-state index in [0.717, 1.165) is 11.9 Å². The van der Waals surface area contributed by atoms with Gasteiger partial charge in [-0.1, -0.05) is 45.9 Å². The van der Waals surface area contributed by atoms with Crippen molar-refractivity contribution in [1.82, 2.24) is 10.3 Å². The maximum absolute atomic E-state index is 10.7. The number of aromatic nitrogens is 1. The Balaban J connectivity index is 0.000000741. The molecule has 106 valence electrons. The fourth-order valence-electron chi connectivity index (χ4n) is 1.71. The minimum absolute atomic E-state index is 0.0230. The smallest absolute Gasteiger partial charge is 0.216 e. The summed E-state index contributed by atoms with van der Waals surface area (Å²) in [6, 6.07) is 8.18. The third-order valence-corrected chi connectivity index (χ3v) is 2.44. The van der Waals surface area contributed by atoms with Crippen LogP contribution in [-0.4, -0.2) is 17.4 Å². The fourth-order valence-corrected chi connectivity index (χ4v) is 1.71. The number of hydrogen-bond donors (Lipinski definition) is 2. The number of fused-ring (bicyclic) bond motifs is 1. The van der Waals surface area contributed by atoms with E-state index < -0.39 is 0 Å². The molecule has 0 saturated heterocycles. The van der Waals surface area contributed by atoms with Crippen molar-refractivity contribution in [2.75, 3.05) is 6.54 Å². The van der Waals surface area contributed by atoms with Crippen molar-refractivity contribution in [3.63, 3.8) is 0 Å². The van der Waals surface area contributed by atoms with Gasteiger partial charge in [-0.05, 0) is 18.1 Å². The molecule has 0 radical (unpaired) electrons. The van der Waals surface area contributed by atoms with E-state index in [-0.39, 0.29) is 5.91 Å². The molecule has 1 aromatic heterocycles. The largest absolute Gasteiger partial charge is 0.361 e. The zero-order valence-corrected chi connectivity index (χ0v) is 12.7. The van der Waals surface area contributed by atoms with Crippen molar-refractivity contribution in [2.24, 2.45) is 0 Å². The molecule has 1 heterocycles. The number of para-hydroxylation sites is 1. The topological polar surface area (TPSA) is 44.9 Å². The van der Waals surface area contributed by atoms with Crippen molar-refractivity contribution in [3.8, 4) is 0 Å². The van der Waals surface area contributed by atoms with Gasteiger partial charge in [0.1, 0.15) is 0 Å². The highest BCUT2D eigenvalue weighted by molar-refractivity contribution is 5.83. The normalized spacial score (nSPS) is 8.89. The molecule has 1 aromatic carbocycles. The van der Waals surface area contributed by atoms with Gasteiger partial charge in [0.25, 0.3) is 0 Å². The molecular formula is C16H26N2O. The monoisotopic (exact) mass is 262 g/mol. The van der Waals surface area contributed by atoms with Crippen LogP contribution in [0.3, 0.4) is 0 Å². The molecule has 0 atom stereocenters. The van der Waals surface area contributed by atoms with E-state index in [1.807, 2.05) is 46.0 Å². The van der Waals surface area contributed by atoms with Crippen molar-refractivity contribution in [1.29, 1.82) is 0 Å². The molecule has 1 amide bonds. The van der Waals surface area contributed by atoms with Crippen LogP contribution >= 0.6 is 0 Å². The number of carbonyl (C=O) groups is 1. The van der Waals surface area contributed by atoms with E-state index in [1.54, 1.807) is 0 Å². The van der Waals surface area contributed by atoms with Gasteiger partial charge in [0.2, 0.25) is 5.91 Å². The molecule has 0 unspecified atom stereocenters. The van der Waals surface area contributed by atoms with Gasteiger partial charge in [-0.15, -0.1) is 0 Å². The van der Waals surface area contributed by atoms with Gasteiger partial charge in [0.15, 0.2) is 0 Å². The van der Waals surface area contributed by atoms with Crippen LogP contribution in [0.25, 0.3) is 10.9 Å². The van der Waals surface area contributed by atoms with Gasteiger partial charge < -0.3 is 10.3 Å². The predicted octanol–water partition coefficient (Wildman–Crippen LogP) is 3.90. The maximum atomic E-state index is 10.7. The number of amides is 1. The predicted molar refractivity (Wildman–Crippen MR) is 83.4 cm³/mol. The van der Waals surface area contributed by atoms with Crippen LogP contribution in [0.1, 0.15) is 40.2 Å². The lowest BCUT2D eigenvalue weighted by Crippen LogP contribution is -2.22. The van der Waals surface area contributed by atoms with Gasteiger partial charge in [-0.2, -0.15) is 0 Å². The van der Waals surface area contributed by atoms with E-state index in [1.165, 1.54) is 17.9 Å². The Morgan fingerprint density at radius 3 is 2.42 bits per heavy atom. The molecular weight excluding hydrogens is 236 g/mol. The minimum atomic E-state index is 0.0230. The lowest BCUT2D eigenvalue weighted by atomic mass is 10.1. The second-order valence-electron chi connectivity index (χ2n) is 3.59. The second-order valence-corrected chi connectivity index (χ2v) is 3.59. The number of H-pyrrole nitrogens is 1. The highest BCUT2D eigenvalue weighted by atomic mass is 16.1. The van der Waals surface area contributed by atoms with E-state index in [2.05, 4.69) is 22.4 Å². The van der Waals surface area contributed by atoms with Crippen LogP contribution in [0, 0.1) is 0 Å². The minimum Gasteiger partial charge on any atom is -0.361 e. The molecule has 0 fully saturated rings. The van der Waals surface area contributed by atoms with Crippen molar-refractivity contribution >= 4 is 16.8 Å². The summed E-state index contributed by atoms with van der Waals surface area (Å²) in [4.78, 5) is 13.9. The van der Waals surface area contributed by atoms with Crippen molar-refractivity contribution < 1.29 is 4.79 Å². The highest BCUT2D eigenvalue weighted by Gasteiger charge is 2.02. The van der Waals surface area contributed by atoms with Gasteiger partial charge in [-0.25, -0.2) is 0 Å². The Morgan fingerprint density at radius 2 is 1.79 bits per heavy atom. The fraction of sp³-hybridized carbons (Fsp3) is 0.438. The lowest BCUT2D eigenvalue weighted by molar-refractivity contribution is -0.118. The number of aromatic amines is 1. The van der Waals surface area contributed by atoms with Gasteiger partial charge in [-0.3, -0.25) is 4.79 Å². The van der Waals surface area contributed by atoms with E-state index >= 15 is 0 Å². The molecule has 3 heteroatoms. The summed E-state index contributed by atoms with van der Waals surface area (Å²) in [5.41, 5.74) is 2.40. The summed E-state index contributed by atoms with van der Waals surface area (Å²) in [6.07, 6.45) is 2.87. The van der Waals surface area contributed by atoms with Gasteiger partial charge in [0.05, 0.1) is 0 Å². The van der Waals surface area contributed by atoms with E-state index in [4.69, 9.17) is 0 Å². The summed E-state index contributed by atoms with van der Waals surface area (Å²) in [5.74, 6) is 0.0230. The Hall–Kier alpha value is -1.77. The maximum Gasteiger partial charge on any atom is 0.216 e. The lowest BCUT2D eigenvalue weighted by Gasteiger charge is -2.00. The average Bonchev–Trinajstić information content (AvgIpc) is 2.87. The molecule has 2 aromatic rings. The molecule has 2 N–H and O–H groups in total. The molecule has 0 aliphatic rings. The molecule has 0 spiro atoms. The summed E-state index contributed by atoms with van der Waals surface area (Å²) in [6.45, 7) is 10.2. The van der Waals surface area contributed by atoms with Crippen molar-refractivity contribution in [3.05, 3.63) is 36.0 Å². The van der Waals surface area contributed by atoms with Crippen molar-refractivity contribution in [2.45, 2.75) is 41.0 Å². The molecule has 2 rings (SSSR count). The van der Waals surface area contributed by atoms with Gasteiger partial charge in [0, 0.05) is 30.6 Å². The Kier molecular flexibility index (Phi) is 9.23. The number of nitrogens with one attached hydrogen (secondary N) is 2. The van der Waals surface area contributed by atoms with Gasteiger partial charge >= 0.3 is 0 Å². The highest BCUT2D eigenvalue weighted by Crippen LogP contribution is 2.17. The first-order valence-electron chi connectivity index (χ1n) is 7.07.